The molecular weight excluding hydrogens is 685 g/mol. The molecule has 2 N–H and O–H groups in total. The zero-order valence-electron chi connectivity index (χ0n) is 34.2. The lowest BCUT2D eigenvalue weighted by atomic mass is 9.72. The van der Waals surface area contributed by atoms with E-state index < -0.39 is 10.8 Å². The van der Waals surface area contributed by atoms with Gasteiger partial charge in [0.15, 0.2) is 0 Å². The third-order valence-electron chi connectivity index (χ3n) is 11.9. The largest absolute Gasteiger partial charge is 0.507 e. The fourth-order valence-electron chi connectivity index (χ4n) is 7.69. The Morgan fingerprint density at radius 3 is 0.929 bits per heavy atom. The van der Waals surface area contributed by atoms with Gasteiger partial charge in [-0.3, -0.25) is 9.98 Å². The molecule has 286 valence electrons. The van der Waals surface area contributed by atoms with Crippen LogP contribution in [0.3, 0.4) is 0 Å². The first-order valence-corrected chi connectivity index (χ1v) is 19.6. The van der Waals surface area contributed by atoms with Gasteiger partial charge < -0.3 is 10.2 Å². The molecule has 0 saturated carbocycles. The first kappa shape index (κ1) is 39.9. The fourth-order valence-corrected chi connectivity index (χ4v) is 7.69. The molecule has 0 unspecified atom stereocenters. The number of phenols is 2. The van der Waals surface area contributed by atoms with Crippen LogP contribution in [0.5, 0.6) is 11.5 Å². The lowest BCUT2D eigenvalue weighted by Gasteiger charge is -2.32. The van der Waals surface area contributed by atoms with E-state index in [4.69, 9.17) is 9.98 Å². The number of hydrogen-bond acceptors (Lipinski definition) is 4. The number of phenolic OH excluding ortho intramolecular Hbond substituents is 2. The smallest absolute Gasteiger partial charge is 0.128 e. The molecule has 56 heavy (non-hydrogen) atoms. The molecule has 0 amide bonds. The zero-order valence-corrected chi connectivity index (χ0v) is 34.2. The van der Waals surface area contributed by atoms with Crippen LogP contribution >= 0.6 is 0 Å². The normalized spacial score (nSPS) is 12.8. The molecule has 0 radical (unpaired) electrons. The van der Waals surface area contributed by atoms with Crippen molar-refractivity contribution in [2.45, 2.75) is 77.0 Å². The van der Waals surface area contributed by atoms with Crippen LogP contribution < -0.4 is 0 Å². The highest BCUT2D eigenvalue weighted by Crippen LogP contribution is 2.44. The third-order valence-corrected chi connectivity index (χ3v) is 11.9. The standard InChI is InChI=1S/C52H56N2O2/c1-49(2,39-21-13-9-14-22-39)43-31-37(47(55)45(33-43)51(5,6)41-25-17-11-18-26-41)35-53-29-30-54-36-38-32-44(50(3,4)40-23-15-10-16-24-40)34-46(48(38)56)52(7,8)42-27-19-12-20-28-42/h9-28,31-36,55-56H,29-30H2,1-8H3. The summed E-state index contributed by atoms with van der Waals surface area (Å²) < 4.78 is 0. The summed E-state index contributed by atoms with van der Waals surface area (Å²) in [4.78, 5) is 9.56. The van der Waals surface area contributed by atoms with Crippen molar-refractivity contribution < 1.29 is 10.2 Å². The topological polar surface area (TPSA) is 65.2 Å². The van der Waals surface area contributed by atoms with E-state index in [1.165, 1.54) is 11.1 Å². The van der Waals surface area contributed by atoms with Gasteiger partial charge in [0.2, 0.25) is 0 Å². The Kier molecular flexibility index (Phi) is 11.5. The Balaban J connectivity index is 1.32. The number of hydrogen-bond donors (Lipinski definition) is 2. The molecule has 0 heterocycles. The van der Waals surface area contributed by atoms with E-state index in [1.807, 2.05) is 48.5 Å². The van der Waals surface area contributed by atoms with Gasteiger partial charge in [-0.1, -0.05) is 189 Å². The SMILES string of the molecule is CC(C)(c1ccccc1)c1cc(C=NCCN=Cc2cc(C(C)(C)c3ccccc3)cc(C(C)(C)c3ccccc3)c2O)c(O)c(C(C)(C)c2ccccc2)c1. The molecule has 0 aliphatic heterocycles. The molecule has 0 spiro atoms. The van der Waals surface area contributed by atoms with Crippen LogP contribution in [-0.4, -0.2) is 35.7 Å². The first-order valence-electron chi connectivity index (χ1n) is 19.6. The second kappa shape index (κ2) is 16.2. The number of nitrogens with zero attached hydrogens (tertiary/aromatic N) is 2. The fraction of sp³-hybridized carbons (Fsp3) is 0.269. The molecule has 6 rings (SSSR count). The summed E-state index contributed by atoms with van der Waals surface area (Å²) in [5, 5.41) is 23.7. The monoisotopic (exact) mass is 740 g/mol. The summed E-state index contributed by atoms with van der Waals surface area (Å²) in [6.07, 6.45) is 3.56. The Bertz CT molecular complexity index is 2140. The molecule has 6 aromatic rings. The highest BCUT2D eigenvalue weighted by atomic mass is 16.3. The van der Waals surface area contributed by atoms with Gasteiger partial charge in [0.05, 0.1) is 13.1 Å². The van der Waals surface area contributed by atoms with Crippen molar-refractivity contribution in [2.24, 2.45) is 9.98 Å². The number of benzene rings is 6. The van der Waals surface area contributed by atoms with Crippen molar-refractivity contribution in [3.05, 3.63) is 201 Å². The van der Waals surface area contributed by atoms with Crippen LogP contribution in [0, 0.1) is 0 Å². The molecule has 0 saturated heterocycles. The Morgan fingerprint density at radius 1 is 0.375 bits per heavy atom. The van der Waals surface area contributed by atoms with Gasteiger partial charge in [-0.25, -0.2) is 0 Å². The first-order chi connectivity index (χ1) is 26.6. The summed E-state index contributed by atoms with van der Waals surface area (Å²) in [6.45, 7) is 18.4. The maximum atomic E-state index is 11.8. The molecule has 0 aromatic heterocycles. The lowest BCUT2D eigenvalue weighted by molar-refractivity contribution is 0.450. The van der Waals surface area contributed by atoms with Crippen LogP contribution in [-0.2, 0) is 21.7 Å². The highest BCUT2D eigenvalue weighted by molar-refractivity contribution is 5.86. The predicted octanol–water partition coefficient (Wildman–Crippen LogP) is 11.9. The summed E-state index contributed by atoms with van der Waals surface area (Å²) in [7, 11) is 0. The van der Waals surface area contributed by atoms with Crippen molar-refractivity contribution in [1.82, 2.24) is 0 Å². The second-order valence-corrected chi connectivity index (χ2v) is 17.0. The molecule has 0 aliphatic carbocycles. The lowest BCUT2D eigenvalue weighted by Crippen LogP contribution is -2.24. The van der Waals surface area contributed by atoms with Crippen LogP contribution in [0.4, 0.5) is 0 Å². The van der Waals surface area contributed by atoms with Gasteiger partial charge >= 0.3 is 0 Å². The average Bonchev–Trinajstić information content (AvgIpc) is 3.21. The van der Waals surface area contributed by atoms with Crippen LogP contribution in [0.2, 0.25) is 0 Å². The molecular formula is C52H56N2O2. The summed E-state index contributed by atoms with van der Waals surface area (Å²) in [6, 6.07) is 50.1. The number of rotatable bonds is 13. The van der Waals surface area contributed by atoms with Gasteiger partial charge in [-0.2, -0.15) is 0 Å². The molecule has 0 bridgehead atoms. The van der Waals surface area contributed by atoms with Crippen molar-refractivity contribution >= 4 is 12.4 Å². The van der Waals surface area contributed by atoms with Gasteiger partial charge in [0, 0.05) is 56.3 Å². The average molecular weight is 741 g/mol. The van der Waals surface area contributed by atoms with Crippen LogP contribution in [0.15, 0.2) is 156 Å². The quantitative estimate of drug-likeness (QED) is 0.0914. The van der Waals surface area contributed by atoms with E-state index in [-0.39, 0.29) is 22.3 Å². The van der Waals surface area contributed by atoms with Crippen molar-refractivity contribution in [1.29, 1.82) is 0 Å². The van der Waals surface area contributed by atoms with Crippen molar-refractivity contribution in [3.63, 3.8) is 0 Å². The van der Waals surface area contributed by atoms with Gasteiger partial charge in [-0.05, 0) is 45.5 Å². The predicted molar refractivity (Wildman–Crippen MR) is 235 cm³/mol. The molecule has 0 fully saturated rings. The highest BCUT2D eigenvalue weighted by Gasteiger charge is 2.33. The van der Waals surface area contributed by atoms with E-state index >= 15 is 0 Å². The summed E-state index contributed by atoms with van der Waals surface area (Å²) in [5.74, 6) is 0.463. The van der Waals surface area contributed by atoms with Crippen LogP contribution in [0.25, 0.3) is 0 Å². The molecule has 0 atom stereocenters. The van der Waals surface area contributed by atoms with Gasteiger partial charge in [0.1, 0.15) is 11.5 Å². The molecule has 6 aromatic carbocycles. The van der Waals surface area contributed by atoms with Crippen molar-refractivity contribution in [3.8, 4) is 11.5 Å². The van der Waals surface area contributed by atoms with E-state index in [9.17, 15) is 10.2 Å². The minimum atomic E-state index is -0.458. The maximum Gasteiger partial charge on any atom is 0.128 e. The van der Waals surface area contributed by atoms with E-state index in [1.54, 1.807) is 12.4 Å². The number of aromatic hydroxyl groups is 2. The minimum absolute atomic E-state index is 0.232. The van der Waals surface area contributed by atoms with Crippen LogP contribution in [0.1, 0.15) is 111 Å². The summed E-state index contributed by atoms with van der Waals surface area (Å²) in [5.41, 5.74) is 8.35. The Labute approximate surface area is 334 Å². The molecule has 4 nitrogen and oxygen atoms in total. The minimum Gasteiger partial charge on any atom is -0.507 e. The Hall–Kier alpha value is -5.74. The second-order valence-electron chi connectivity index (χ2n) is 17.0. The maximum absolute atomic E-state index is 11.8. The Morgan fingerprint density at radius 2 is 0.643 bits per heavy atom. The third kappa shape index (κ3) is 8.11. The van der Waals surface area contributed by atoms with E-state index in [2.05, 4.69) is 152 Å². The molecule has 0 aliphatic rings. The molecule has 4 heteroatoms. The van der Waals surface area contributed by atoms with E-state index in [0.717, 1.165) is 33.4 Å². The summed E-state index contributed by atoms with van der Waals surface area (Å²) >= 11 is 0. The zero-order chi connectivity index (χ0) is 40.1. The van der Waals surface area contributed by atoms with E-state index in [0.29, 0.717) is 24.2 Å². The van der Waals surface area contributed by atoms with Gasteiger partial charge in [-0.15, -0.1) is 0 Å². The number of aliphatic imine (C=N–C) groups is 2. The van der Waals surface area contributed by atoms with Crippen molar-refractivity contribution in [2.75, 3.05) is 13.1 Å². The van der Waals surface area contributed by atoms with Gasteiger partial charge in [0.25, 0.3) is 0 Å².